The summed E-state index contributed by atoms with van der Waals surface area (Å²) in [6.45, 7) is 3.77. The normalized spacial score (nSPS) is 29.0. The Kier molecular flexibility index (Phi) is 3.03. The van der Waals surface area contributed by atoms with Gasteiger partial charge in [0.1, 0.15) is 0 Å². The molecule has 0 bridgehead atoms. The summed E-state index contributed by atoms with van der Waals surface area (Å²) < 4.78 is 5.52. The SMILES string of the molecule is O=C(O)CC1CN(CC2CCCO2)C1. The van der Waals surface area contributed by atoms with E-state index >= 15 is 0 Å². The first-order chi connectivity index (χ1) is 6.74. The first kappa shape index (κ1) is 9.93. The van der Waals surface area contributed by atoms with E-state index < -0.39 is 5.97 Å². The van der Waals surface area contributed by atoms with E-state index in [1.54, 1.807) is 0 Å². The fourth-order valence-electron chi connectivity index (χ4n) is 2.28. The molecule has 2 heterocycles. The number of nitrogens with zero attached hydrogens (tertiary/aromatic N) is 1. The minimum absolute atomic E-state index is 0.321. The summed E-state index contributed by atoms with van der Waals surface area (Å²) in [4.78, 5) is 12.7. The molecule has 1 unspecified atom stereocenters. The average molecular weight is 199 g/mol. The van der Waals surface area contributed by atoms with Gasteiger partial charge in [-0.25, -0.2) is 0 Å². The highest BCUT2D eigenvalue weighted by atomic mass is 16.5. The number of hydrogen-bond donors (Lipinski definition) is 1. The standard InChI is InChI=1S/C10H17NO3/c12-10(13)4-8-5-11(6-8)7-9-2-1-3-14-9/h8-9H,1-7H2,(H,12,13). The van der Waals surface area contributed by atoms with Crippen LogP contribution < -0.4 is 0 Å². The zero-order valence-corrected chi connectivity index (χ0v) is 8.32. The molecule has 4 nitrogen and oxygen atoms in total. The van der Waals surface area contributed by atoms with Gasteiger partial charge in [-0.15, -0.1) is 0 Å². The molecule has 0 amide bonds. The molecule has 14 heavy (non-hydrogen) atoms. The molecule has 4 heteroatoms. The Morgan fingerprint density at radius 1 is 1.50 bits per heavy atom. The second kappa shape index (κ2) is 4.28. The smallest absolute Gasteiger partial charge is 0.303 e. The lowest BCUT2D eigenvalue weighted by atomic mass is 9.96. The minimum atomic E-state index is -0.674. The minimum Gasteiger partial charge on any atom is -0.481 e. The van der Waals surface area contributed by atoms with Gasteiger partial charge in [0.05, 0.1) is 12.5 Å². The molecule has 0 aromatic heterocycles. The van der Waals surface area contributed by atoms with Gasteiger partial charge < -0.3 is 14.7 Å². The highest BCUT2D eigenvalue weighted by molar-refractivity contribution is 5.67. The van der Waals surface area contributed by atoms with Gasteiger partial charge in [0.25, 0.3) is 0 Å². The van der Waals surface area contributed by atoms with Gasteiger partial charge >= 0.3 is 5.97 Å². The lowest BCUT2D eigenvalue weighted by molar-refractivity contribution is -0.139. The molecule has 0 radical (unpaired) electrons. The summed E-state index contributed by atoms with van der Waals surface area (Å²) in [5.74, 6) is -0.305. The van der Waals surface area contributed by atoms with E-state index in [1.165, 1.54) is 12.8 Å². The second-order valence-corrected chi connectivity index (χ2v) is 4.32. The summed E-state index contributed by atoms with van der Waals surface area (Å²) in [6, 6.07) is 0. The van der Waals surface area contributed by atoms with Gasteiger partial charge in [-0.05, 0) is 18.8 Å². The van der Waals surface area contributed by atoms with Gasteiger partial charge in [-0.3, -0.25) is 4.79 Å². The molecule has 2 fully saturated rings. The Morgan fingerprint density at radius 3 is 2.86 bits per heavy atom. The van der Waals surface area contributed by atoms with Crippen LogP contribution in [0.4, 0.5) is 0 Å². The Hall–Kier alpha value is -0.610. The number of rotatable bonds is 4. The van der Waals surface area contributed by atoms with E-state index in [0.717, 1.165) is 26.2 Å². The summed E-state index contributed by atoms with van der Waals surface area (Å²) >= 11 is 0. The Morgan fingerprint density at radius 2 is 2.29 bits per heavy atom. The number of carbonyl (C=O) groups is 1. The van der Waals surface area contributed by atoms with Crippen LogP contribution in [0.2, 0.25) is 0 Å². The Bertz CT molecular complexity index is 207. The summed E-state index contributed by atoms with van der Waals surface area (Å²) in [7, 11) is 0. The van der Waals surface area contributed by atoms with Crippen LogP contribution in [0.3, 0.4) is 0 Å². The fraction of sp³-hybridized carbons (Fsp3) is 0.900. The van der Waals surface area contributed by atoms with Crippen molar-refractivity contribution in [2.45, 2.75) is 25.4 Å². The van der Waals surface area contributed by atoms with Gasteiger partial charge in [-0.2, -0.15) is 0 Å². The van der Waals surface area contributed by atoms with E-state index in [-0.39, 0.29) is 0 Å². The van der Waals surface area contributed by atoms with E-state index in [9.17, 15) is 4.79 Å². The predicted molar refractivity (Wildman–Crippen MR) is 51.2 cm³/mol. The molecular formula is C10H17NO3. The van der Waals surface area contributed by atoms with Crippen LogP contribution in [0.1, 0.15) is 19.3 Å². The molecule has 2 aliphatic heterocycles. The maximum absolute atomic E-state index is 10.4. The largest absolute Gasteiger partial charge is 0.481 e. The molecule has 2 aliphatic rings. The predicted octanol–water partition coefficient (Wildman–Crippen LogP) is 0.572. The Labute approximate surface area is 83.8 Å². The van der Waals surface area contributed by atoms with Crippen molar-refractivity contribution in [3.8, 4) is 0 Å². The molecule has 1 atom stereocenters. The molecule has 80 valence electrons. The molecule has 2 saturated heterocycles. The van der Waals surface area contributed by atoms with Crippen LogP contribution in [-0.4, -0.2) is 48.3 Å². The molecule has 0 spiro atoms. The third kappa shape index (κ3) is 2.45. The van der Waals surface area contributed by atoms with Crippen molar-refractivity contribution in [2.75, 3.05) is 26.2 Å². The summed E-state index contributed by atoms with van der Waals surface area (Å²) in [6.07, 6.45) is 3.07. The highest BCUT2D eigenvalue weighted by Crippen LogP contribution is 2.22. The van der Waals surface area contributed by atoms with Gasteiger partial charge in [0, 0.05) is 26.2 Å². The third-order valence-corrected chi connectivity index (χ3v) is 2.98. The van der Waals surface area contributed by atoms with E-state index in [1.807, 2.05) is 0 Å². The van der Waals surface area contributed by atoms with Crippen molar-refractivity contribution in [1.29, 1.82) is 0 Å². The number of carboxylic acid groups (broad SMARTS) is 1. The number of aliphatic carboxylic acids is 1. The summed E-state index contributed by atoms with van der Waals surface area (Å²) in [5.41, 5.74) is 0. The van der Waals surface area contributed by atoms with E-state index in [4.69, 9.17) is 9.84 Å². The molecule has 1 N–H and O–H groups in total. The number of ether oxygens (including phenoxy) is 1. The maximum atomic E-state index is 10.4. The molecular weight excluding hydrogens is 182 g/mol. The van der Waals surface area contributed by atoms with E-state index in [0.29, 0.717) is 18.4 Å². The quantitative estimate of drug-likeness (QED) is 0.719. The number of hydrogen-bond acceptors (Lipinski definition) is 3. The molecule has 0 aromatic rings. The van der Waals surface area contributed by atoms with Gasteiger partial charge in [0.2, 0.25) is 0 Å². The Balaban J connectivity index is 1.60. The number of likely N-dealkylation sites (tertiary alicyclic amines) is 1. The van der Waals surface area contributed by atoms with Crippen molar-refractivity contribution in [3.05, 3.63) is 0 Å². The lowest BCUT2D eigenvalue weighted by Gasteiger charge is -2.39. The van der Waals surface area contributed by atoms with Crippen LogP contribution in [0.5, 0.6) is 0 Å². The molecule has 0 aromatic carbocycles. The molecule has 0 saturated carbocycles. The highest BCUT2D eigenvalue weighted by Gasteiger charge is 2.30. The average Bonchev–Trinajstić information content (AvgIpc) is 2.52. The van der Waals surface area contributed by atoms with Crippen LogP contribution in [-0.2, 0) is 9.53 Å². The lowest BCUT2D eigenvalue weighted by Crippen LogP contribution is -2.50. The second-order valence-electron chi connectivity index (χ2n) is 4.32. The van der Waals surface area contributed by atoms with Crippen LogP contribution in [0.25, 0.3) is 0 Å². The van der Waals surface area contributed by atoms with Gasteiger partial charge in [0.15, 0.2) is 0 Å². The topological polar surface area (TPSA) is 49.8 Å². The first-order valence-corrected chi connectivity index (χ1v) is 5.30. The van der Waals surface area contributed by atoms with Crippen LogP contribution in [0, 0.1) is 5.92 Å². The molecule has 0 aliphatic carbocycles. The zero-order valence-electron chi connectivity index (χ0n) is 8.32. The van der Waals surface area contributed by atoms with Gasteiger partial charge in [-0.1, -0.05) is 0 Å². The van der Waals surface area contributed by atoms with Crippen molar-refractivity contribution in [3.63, 3.8) is 0 Å². The van der Waals surface area contributed by atoms with Crippen molar-refractivity contribution < 1.29 is 14.6 Å². The third-order valence-electron chi connectivity index (χ3n) is 2.98. The number of carboxylic acids is 1. The summed E-state index contributed by atoms with van der Waals surface area (Å²) in [5, 5.41) is 8.58. The monoisotopic (exact) mass is 199 g/mol. The van der Waals surface area contributed by atoms with Crippen molar-refractivity contribution >= 4 is 5.97 Å². The van der Waals surface area contributed by atoms with Crippen molar-refractivity contribution in [1.82, 2.24) is 4.90 Å². The zero-order chi connectivity index (χ0) is 9.97. The fourth-order valence-corrected chi connectivity index (χ4v) is 2.28. The molecule has 2 rings (SSSR count). The van der Waals surface area contributed by atoms with E-state index in [2.05, 4.69) is 4.90 Å². The maximum Gasteiger partial charge on any atom is 0.303 e. The van der Waals surface area contributed by atoms with Crippen molar-refractivity contribution in [2.24, 2.45) is 5.92 Å². The van der Waals surface area contributed by atoms with Crippen LogP contribution in [0.15, 0.2) is 0 Å². The first-order valence-electron chi connectivity index (χ1n) is 5.30. The van der Waals surface area contributed by atoms with Crippen LogP contribution >= 0.6 is 0 Å².